The third-order valence-electron chi connectivity index (χ3n) is 1.34. The van der Waals surface area contributed by atoms with Crippen molar-refractivity contribution in [2.24, 2.45) is 10.8 Å². The fourth-order valence-corrected chi connectivity index (χ4v) is 1.16. The smallest absolute Gasteiger partial charge is 0.332 e. The van der Waals surface area contributed by atoms with Crippen LogP contribution in [-0.2, 0) is 0 Å². The molecule has 0 heterocycles. The summed E-state index contributed by atoms with van der Waals surface area (Å²) >= 11 is 3.18. The van der Waals surface area contributed by atoms with Crippen molar-refractivity contribution in [3.05, 3.63) is 34.1 Å². The van der Waals surface area contributed by atoms with Crippen molar-refractivity contribution in [1.29, 1.82) is 0 Å². The second-order valence-electron chi connectivity index (χ2n) is 2.40. The van der Waals surface area contributed by atoms with Crippen LogP contribution in [0, 0.1) is 5.82 Å². The first kappa shape index (κ1) is 10.6. The Morgan fingerprint density at radius 1 is 1.64 bits per heavy atom. The molecule has 0 aromatic heterocycles. The van der Waals surface area contributed by atoms with Crippen LogP contribution in [-0.4, -0.2) is 12.2 Å². The zero-order valence-corrected chi connectivity index (χ0v) is 8.58. The summed E-state index contributed by atoms with van der Waals surface area (Å²) in [6, 6.07) is 3.59. The highest BCUT2D eigenvalue weighted by atomic mass is 79.9. The fourth-order valence-electron chi connectivity index (χ4n) is 0.779. The van der Waals surface area contributed by atoms with Gasteiger partial charge in [-0.3, -0.25) is 0 Å². The maximum atomic E-state index is 13.0. The lowest BCUT2D eigenvalue weighted by Crippen LogP contribution is -2.24. The highest BCUT2D eigenvalue weighted by molar-refractivity contribution is 9.10. The SMILES string of the molecule is NC(=O)N/N=C/c1cc(Br)ccc1F. The van der Waals surface area contributed by atoms with E-state index in [4.69, 9.17) is 5.73 Å². The molecule has 0 unspecified atom stereocenters. The quantitative estimate of drug-likeness (QED) is 0.615. The van der Waals surface area contributed by atoms with Crippen LogP contribution in [0.5, 0.6) is 0 Å². The van der Waals surface area contributed by atoms with Crippen LogP contribution < -0.4 is 11.2 Å². The minimum atomic E-state index is -0.795. The van der Waals surface area contributed by atoms with Crippen LogP contribution in [0.4, 0.5) is 9.18 Å². The molecule has 2 amide bonds. The Morgan fingerprint density at radius 3 is 3.00 bits per heavy atom. The van der Waals surface area contributed by atoms with Crippen LogP contribution in [0.3, 0.4) is 0 Å². The number of primary amides is 1. The third-order valence-corrected chi connectivity index (χ3v) is 1.83. The number of hydrogen-bond acceptors (Lipinski definition) is 2. The number of hydrogen-bond donors (Lipinski definition) is 2. The number of hydrazone groups is 1. The monoisotopic (exact) mass is 259 g/mol. The van der Waals surface area contributed by atoms with Crippen molar-refractivity contribution in [1.82, 2.24) is 5.43 Å². The van der Waals surface area contributed by atoms with Crippen LogP contribution in [0.15, 0.2) is 27.8 Å². The van der Waals surface area contributed by atoms with Gasteiger partial charge in [0.25, 0.3) is 0 Å². The largest absolute Gasteiger partial charge is 0.350 e. The van der Waals surface area contributed by atoms with Gasteiger partial charge in [0, 0.05) is 10.0 Å². The molecule has 3 N–H and O–H groups in total. The highest BCUT2D eigenvalue weighted by Gasteiger charge is 1.99. The number of urea groups is 1. The van der Waals surface area contributed by atoms with Crippen LogP contribution in [0.1, 0.15) is 5.56 Å². The molecule has 1 rings (SSSR count). The molecular weight excluding hydrogens is 253 g/mol. The Hall–Kier alpha value is -1.43. The Bertz CT molecular complexity index is 381. The van der Waals surface area contributed by atoms with Crippen molar-refractivity contribution < 1.29 is 9.18 Å². The first-order valence-corrected chi connectivity index (χ1v) is 4.42. The second-order valence-corrected chi connectivity index (χ2v) is 3.32. The lowest BCUT2D eigenvalue weighted by molar-refractivity contribution is 0.249. The average molecular weight is 260 g/mol. The first-order chi connectivity index (χ1) is 6.59. The van der Waals surface area contributed by atoms with Crippen LogP contribution >= 0.6 is 15.9 Å². The van der Waals surface area contributed by atoms with Gasteiger partial charge in [0.2, 0.25) is 0 Å². The molecule has 0 bridgehead atoms. The summed E-state index contributed by atoms with van der Waals surface area (Å²) in [7, 11) is 0. The number of nitrogens with two attached hydrogens (primary N) is 1. The molecule has 0 aliphatic rings. The number of carbonyl (C=O) groups excluding carboxylic acids is 1. The number of nitrogens with one attached hydrogen (secondary N) is 1. The zero-order chi connectivity index (χ0) is 10.6. The summed E-state index contributed by atoms with van der Waals surface area (Å²) in [6.45, 7) is 0. The van der Waals surface area contributed by atoms with E-state index in [0.717, 1.165) is 4.47 Å². The number of halogens is 2. The van der Waals surface area contributed by atoms with E-state index in [1.165, 1.54) is 18.3 Å². The normalized spacial score (nSPS) is 10.4. The fraction of sp³-hybridized carbons (Fsp3) is 0. The lowest BCUT2D eigenvalue weighted by atomic mass is 10.2. The van der Waals surface area contributed by atoms with E-state index in [1.54, 1.807) is 6.07 Å². The van der Waals surface area contributed by atoms with Gasteiger partial charge in [-0.25, -0.2) is 14.6 Å². The van der Waals surface area contributed by atoms with E-state index in [9.17, 15) is 9.18 Å². The molecule has 0 aliphatic heterocycles. The molecule has 0 fully saturated rings. The van der Waals surface area contributed by atoms with E-state index in [1.807, 2.05) is 5.43 Å². The number of rotatable bonds is 2. The number of nitrogens with zero attached hydrogens (tertiary/aromatic N) is 1. The molecular formula is C8H7BrFN3O. The van der Waals surface area contributed by atoms with Crippen LogP contribution in [0.25, 0.3) is 0 Å². The topological polar surface area (TPSA) is 67.5 Å². The maximum absolute atomic E-state index is 13.0. The Balaban J connectivity index is 2.80. The molecule has 74 valence electrons. The van der Waals surface area contributed by atoms with E-state index in [0.29, 0.717) is 0 Å². The average Bonchev–Trinajstić information content (AvgIpc) is 2.10. The van der Waals surface area contributed by atoms with E-state index in [2.05, 4.69) is 21.0 Å². The van der Waals surface area contributed by atoms with Gasteiger partial charge in [-0.05, 0) is 18.2 Å². The van der Waals surface area contributed by atoms with Gasteiger partial charge >= 0.3 is 6.03 Å². The van der Waals surface area contributed by atoms with E-state index in [-0.39, 0.29) is 5.56 Å². The molecule has 6 heteroatoms. The van der Waals surface area contributed by atoms with Gasteiger partial charge in [-0.15, -0.1) is 0 Å². The predicted molar refractivity (Wildman–Crippen MR) is 54.4 cm³/mol. The Labute approximate surface area is 88.1 Å². The highest BCUT2D eigenvalue weighted by Crippen LogP contribution is 2.13. The summed E-state index contributed by atoms with van der Waals surface area (Å²) < 4.78 is 13.8. The van der Waals surface area contributed by atoms with Crippen molar-refractivity contribution in [3.63, 3.8) is 0 Å². The minimum absolute atomic E-state index is 0.258. The van der Waals surface area contributed by atoms with Crippen molar-refractivity contribution in [2.75, 3.05) is 0 Å². The molecule has 0 radical (unpaired) electrons. The Kier molecular flexibility index (Phi) is 3.58. The standard InChI is InChI=1S/C8H7BrFN3O/c9-6-1-2-7(10)5(3-6)4-12-13-8(11)14/h1-4H,(H3,11,13,14)/b12-4+. The molecule has 0 aliphatic carbocycles. The predicted octanol–water partition coefficient (Wildman–Crippen LogP) is 1.59. The molecule has 4 nitrogen and oxygen atoms in total. The summed E-state index contributed by atoms with van der Waals surface area (Å²) in [6.07, 6.45) is 1.17. The molecule has 0 spiro atoms. The van der Waals surface area contributed by atoms with E-state index >= 15 is 0 Å². The van der Waals surface area contributed by atoms with Gasteiger partial charge in [0.15, 0.2) is 0 Å². The molecule has 1 aromatic rings. The van der Waals surface area contributed by atoms with Crippen molar-refractivity contribution >= 4 is 28.2 Å². The number of amides is 2. The lowest BCUT2D eigenvalue weighted by Gasteiger charge is -1.97. The zero-order valence-electron chi connectivity index (χ0n) is 7.00. The molecule has 1 aromatic carbocycles. The third kappa shape index (κ3) is 3.14. The van der Waals surface area contributed by atoms with Gasteiger partial charge in [-0.1, -0.05) is 15.9 Å². The van der Waals surface area contributed by atoms with Gasteiger partial charge in [0.05, 0.1) is 6.21 Å². The summed E-state index contributed by atoms with van der Waals surface area (Å²) in [4.78, 5) is 10.2. The Morgan fingerprint density at radius 2 is 2.36 bits per heavy atom. The molecule has 0 atom stereocenters. The summed E-state index contributed by atoms with van der Waals surface area (Å²) in [5.74, 6) is -0.428. The summed E-state index contributed by atoms with van der Waals surface area (Å²) in [5.41, 5.74) is 6.98. The minimum Gasteiger partial charge on any atom is -0.350 e. The number of carbonyl (C=O) groups is 1. The number of benzene rings is 1. The summed E-state index contributed by atoms with van der Waals surface area (Å²) in [5, 5.41) is 3.43. The second kappa shape index (κ2) is 4.71. The van der Waals surface area contributed by atoms with Gasteiger partial charge in [-0.2, -0.15) is 5.10 Å². The maximum Gasteiger partial charge on any atom is 0.332 e. The molecule has 0 saturated heterocycles. The van der Waals surface area contributed by atoms with Gasteiger partial charge < -0.3 is 5.73 Å². The van der Waals surface area contributed by atoms with Crippen molar-refractivity contribution in [3.8, 4) is 0 Å². The van der Waals surface area contributed by atoms with Gasteiger partial charge in [0.1, 0.15) is 5.82 Å². The van der Waals surface area contributed by atoms with E-state index < -0.39 is 11.8 Å². The van der Waals surface area contributed by atoms with Crippen molar-refractivity contribution in [2.45, 2.75) is 0 Å². The molecule has 0 saturated carbocycles. The molecule has 14 heavy (non-hydrogen) atoms. The van der Waals surface area contributed by atoms with Crippen LogP contribution in [0.2, 0.25) is 0 Å². The first-order valence-electron chi connectivity index (χ1n) is 3.63.